The largest absolute Gasteiger partial charge is 0.497 e. The molecule has 1 aliphatic rings. The Balaban J connectivity index is 1.85. The average Bonchev–Trinajstić information content (AvgIpc) is 2.59. The zero-order chi connectivity index (χ0) is 19.8. The van der Waals surface area contributed by atoms with Crippen LogP contribution in [0.25, 0.3) is 0 Å². The number of hydrogen-bond donors (Lipinski definition) is 1. The van der Waals surface area contributed by atoms with Crippen molar-refractivity contribution in [3.8, 4) is 5.75 Å². The number of aromatic nitrogens is 1. The van der Waals surface area contributed by atoms with E-state index in [2.05, 4.69) is 24.1 Å². The highest BCUT2D eigenvalue weighted by molar-refractivity contribution is 7.90. The monoisotopic (exact) mass is 389 g/mol. The van der Waals surface area contributed by atoms with Crippen molar-refractivity contribution in [3.05, 3.63) is 48.3 Å². The molecule has 1 aromatic heterocycles. The van der Waals surface area contributed by atoms with Crippen molar-refractivity contribution in [2.75, 3.05) is 25.2 Å². The summed E-state index contributed by atoms with van der Waals surface area (Å²) in [6.07, 6.45) is 4.53. The number of carbonyl (C=O) groups is 1. The molecule has 0 spiro atoms. The van der Waals surface area contributed by atoms with Gasteiger partial charge in [-0.1, -0.05) is 13.8 Å². The molecule has 0 radical (unpaired) electrons. The Morgan fingerprint density at radius 3 is 2.48 bits per heavy atom. The van der Waals surface area contributed by atoms with Crippen LogP contribution < -0.4 is 10.1 Å². The summed E-state index contributed by atoms with van der Waals surface area (Å²) in [5.74, 6) is 0.364. The normalized spacial score (nSPS) is 18.5. The van der Waals surface area contributed by atoms with Crippen molar-refractivity contribution in [2.24, 2.45) is 5.41 Å². The maximum absolute atomic E-state index is 12.8. The summed E-state index contributed by atoms with van der Waals surface area (Å²) >= 11 is 0. The van der Waals surface area contributed by atoms with Crippen LogP contribution in [0.1, 0.15) is 25.5 Å². The van der Waals surface area contributed by atoms with E-state index in [1.165, 1.54) is 19.2 Å². The van der Waals surface area contributed by atoms with Gasteiger partial charge in [0.2, 0.25) is 0 Å². The van der Waals surface area contributed by atoms with Gasteiger partial charge in [0.05, 0.1) is 18.0 Å². The van der Waals surface area contributed by atoms with Crippen molar-refractivity contribution in [2.45, 2.75) is 24.8 Å². The van der Waals surface area contributed by atoms with Gasteiger partial charge in [-0.3, -0.25) is 4.98 Å². The predicted molar refractivity (Wildman–Crippen MR) is 103 cm³/mol. The van der Waals surface area contributed by atoms with E-state index in [4.69, 9.17) is 4.74 Å². The van der Waals surface area contributed by atoms with Crippen LogP contribution in [0.5, 0.6) is 5.75 Å². The lowest BCUT2D eigenvalue weighted by Crippen LogP contribution is -2.59. The third-order valence-corrected chi connectivity index (χ3v) is 5.80. The molecular formula is C19H23N3O4S. The fourth-order valence-corrected chi connectivity index (χ4v) is 4.13. The summed E-state index contributed by atoms with van der Waals surface area (Å²) < 4.78 is 28.9. The Morgan fingerprint density at radius 1 is 1.26 bits per heavy atom. The Bertz CT molecular complexity index is 958. The summed E-state index contributed by atoms with van der Waals surface area (Å²) in [7, 11) is -1.98. The van der Waals surface area contributed by atoms with Gasteiger partial charge in [-0.15, -0.1) is 0 Å². The van der Waals surface area contributed by atoms with E-state index in [1.54, 1.807) is 23.4 Å². The zero-order valence-corrected chi connectivity index (χ0v) is 16.6. The molecule has 3 rings (SSSR count). The maximum Gasteiger partial charge on any atom is 0.322 e. The Kier molecular flexibility index (Phi) is 4.86. The van der Waals surface area contributed by atoms with Gasteiger partial charge < -0.3 is 15.0 Å². The molecule has 2 amide bonds. The van der Waals surface area contributed by atoms with Crippen LogP contribution in [-0.2, 0) is 9.84 Å². The number of likely N-dealkylation sites (tertiary alicyclic amines) is 1. The Hall–Kier alpha value is -2.61. The summed E-state index contributed by atoms with van der Waals surface area (Å²) in [6.45, 7) is 4.80. The first-order chi connectivity index (χ1) is 12.6. The standard InChI is InChI=1S/C19H23N3O4S/c1-19(2)12-22(17(19)13-5-7-20-8-6-13)18(23)21-14-9-15(26-3)11-16(10-14)27(4,24)25/h5-11,17H,12H2,1-4H3,(H,21,23)/t17-/m0/s1. The smallest absolute Gasteiger partial charge is 0.322 e. The number of pyridine rings is 1. The second-order valence-corrected chi connectivity index (χ2v) is 9.41. The van der Waals surface area contributed by atoms with Crippen LogP contribution in [0.2, 0.25) is 0 Å². The summed E-state index contributed by atoms with van der Waals surface area (Å²) in [5.41, 5.74) is 1.32. The Morgan fingerprint density at radius 2 is 1.93 bits per heavy atom. The number of sulfone groups is 1. The van der Waals surface area contributed by atoms with Gasteiger partial charge in [-0.2, -0.15) is 0 Å². The number of amides is 2. The molecule has 144 valence electrons. The van der Waals surface area contributed by atoms with Crippen LogP contribution >= 0.6 is 0 Å². The molecule has 0 unspecified atom stereocenters. The first kappa shape index (κ1) is 19.2. The number of ether oxygens (including phenoxy) is 1. The van der Waals surface area contributed by atoms with Crippen molar-refractivity contribution in [1.82, 2.24) is 9.88 Å². The number of hydrogen-bond acceptors (Lipinski definition) is 5. The molecular weight excluding hydrogens is 366 g/mol. The number of carbonyl (C=O) groups excluding carboxylic acids is 1. The highest BCUT2D eigenvalue weighted by Gasteiger charge is 2.48. The van der Waals surface area contributed by atoms with E-state index >= 15 is 0 Å². The van der Waals surface area contributed by atoms with Crippen molar-refractivity contribution in [3.63, 3.8) is 0 Å². The minimum Gasteiger partial charge on any atom is -0.497 e. The molecule has 0 bridgehead atoms. The van der Waals surface area contributed by atoms with Crippen LogP contribution in [0.4, 0.5) is 10.5 Å². The van der Waals surface area contributed by atoms with Crippen molar-refractivity contribution >= 4 is 21.6 Å². The fraction of sp³-hybridized carbons (Fsp3) is 0.368. The van der Waals surface area contributed by atoms with Crippen LogP contribution in [0.3, 0.4) is 0 Å². The van der Waals surface area contributed by atoms with Gasteiger partial charge in [0.25, 0.3) is 0 Å². The minimum absolute atomic E-state index is 0.0645. The van der Waals surface area contributed by atoms with E-state index in [1.807, 2.05) is 12.1 Å². The molecule has 2 aromatic rings. The first-order valence-electron chi connectivity index (χ1n) is 8.48. The molecule has 0 saturated carbocycles. The molecule has 1 aromatic carbocycles. The SMILES string of the molecule is COc1cc(NC(=O)N2CC(C)(C)[C@@H]2c2ccncc2)cc(S(C)(=O)=O)c1. The first-order valence-corrected chi connectivity index (χ1v) is 10.4. The molecule has 1 saturated heterocycles. The third kappa shape index (κ3) is 3.90. The zero-order valence-electron chi connectivity index (χ0n) is 15.8. The van der Waals surface area contributed by atoms with Crippen LogP contribution in [-0.4, -0.2) is 44.2 Å². The molecule has 2 heterocycles. The van der Waals surface area contributed by atoms with Gasteiger partial charge >= 0.3 is 6.03 Å². The number of anilines is 1. The number of urea groups is 1. The van der Waals surface area contributed by atoms with Gasteiger partial charge in [-0.05, 0) is 29.8 Å². The second kappa shape index (κ2) is 6.84. The highest BCUT2D eigenvalue weighted by Crippen LogP contribution is 2.48. The number of benzene rings is 1. The van der Waals surface area contributed by atoms with Crippen molar-refractivity contribution in [1.29, 1.82) is 0 Å². The molecule has 8 heteroatoms. The predicted octanol–water partition coefficient (Wildman–Crippen LogP) is 3.11. The number of rotatable bonds is 4. The number of methoxy groups -OCH3 is 1. The van der Waals surface area contributed by atoms with E-state index in [9.17, 15) is 13.2 Å². The van der Waals surface area contributed by atoms with Gasteiger partial charge in [0, 0.05) is 42.4 Å². The van der Waals surface area contributed by atoms with E-state index in [0.717, 1.165) is 11.8 Å². The molecule has 0 aliphatic carbocycles. The van der Waals surface area contributed by atoms with Gasteiger partial charge in [0.1, 0.15) is 5.75 Å². The summed E-state index contributed by atoms with van der Waals surface area (Å²) in [4.78, 5) is 18.7. The van der Waals surface area contributed by atoms with E-state index in [0.29, 0.717) is 18.0 Å². The highest BCUT2D eigenvalue weighted by atomic mass is 32.2. The third-order valence-electron chi connectivity index (χ3n) is 4.71. The lowest BCUT2D eigenvalue weighted by Gasteiger charge is -2.54. The molecule has 1 atom stereocenters. The molecule has 27 heavy (non-hydrogen) atoms. The Labute approximate surface area is 159 Å². The van der Waals surface area contributed by atoms with Gasteiger partial charge in [0.15, 0.2) is 9.84 Å². The summed E-state index contributed by atoms with van der Waals surface area (Å²) in [5, 5.41) is 2.80. The maximum atomic E-state index is 12.8. The average molecular weight is 389 g/mol. The molecule has 7 nitrogen and oxygen atoms in total. The molecule has 1 aliphatic heterocycles. The van der Waals surface area contributed by atoms with Crippen molar-refractivity contribution < 1.29 is 17.9 Å². The minimum atomic E-state index is -3.43. The van der Waals surface area contributed by atoms with E-state index < -0.39 is 9.84 Å². The number of nitrogens with zero attached hydrogens (tertiary/aromatic N) is 2. The summed E-state index contributed by atoms with van der Waals surface area (Å²) in [6, 6.07) is 7.89. The number of nitrogens with one attached hydrogen (secondary N) is 1. The fourth-order valence-electron chi connectivity index (χ4n) is 3.46. The second-order valence-electron chi connectivity index (χ2n) is 7.40. The molecule has 1 fully saturated rings. The van der Waals surface area contributed by atoms with Crippen LogP contribution in [0, 0.1) is 5.41 Å². The van der Waals surface area contributed by atoms with E-state index in [-0.39, 0.29) is 22.4 Å². The topological polar surface area (TPSA) is 88.6 Å². The van der Waals surface area contributed by atoms with Gasteiger partial charge in [-0.25, -0.2) is 13.2 Å². The molecule has 1 N–H and O–H groups in total. The lowest BCUT2D eigenvalue weighted by molar-refractivity contribution is -0.0115. The van der Waals surface area contributed by atoms with Crippen LogP contribution in [0.15, 0.2) is 47.6 Å². The lowest BCUT2D eigenvalue weighted by atomic mass is 9.72. The quantitative estimate of drug-likeness (QED) is 0.868.